The molecule has 0 aliphatic rings. The summed E-state index contributed by atoms with van der Waals surface area (Å²) in [7, 11) is -10.7. The fraction of sp³-hybridized carbons (Fsp3) is 0.237. The van der Waals surface area contributed by atoms with Gasteiger partial charge in [0.2, 0.25) is 0 Å². The van der Waals surface area contributed by atoms with E-state index in [1.807, 2.05) is 91.0 Å². The van der Waals surface area contributed by atoms with Gasteiger partial charge in [-0.25, -0.2) is 19.0 Å². The summed E-state index contributed by atoms with van der Waals surface area (Å²) in [6.07, 6.45) is 24.0. The van der Waals surface area contributed by atoms with Crippen LogP contribution in [-0.4, -0.2) is 42.7 Å². The van der Waals surface area contributed by atoms with Crippen LogP contribution in [0.4, 0.5) is 25.2 Å². The summed E-state index contributed by atoms with van der Waals surface area (Å²) < 4.78 is 83.0. The number of ether oxygens (including phenoxy) is 4. The van der Waals surface area contributed by atoms with Crippen LogP contribution in [0.5, 0.6) is 11.5 Å². The van der Waals surface area contributed by atoms with Crippen LogP contribution < -0.4 is 14.0 Å². The molecule has 398 valence electrons. The van der Waals surface area contributed by atoms with Crippen molar-refractivity contribution in [1.29, 1.82) is 0 Å². The molecule has 0 aliphatic carbocycles. The predicted octanol–water partition coefficient (Wildman–Crippen LogP) is 16.4. The molecule has 9 nitrogen and oxygen atoms in total. The maximum absolute atomic E-state index is 12.6. The first-order valence-corrected chi connectivity index (χ1v) is 26.3. The average molecular weight is 1060 g/mol. The second-order valence-corrected chi connectivity index (χ2v) is 19.2. The van der Waals surface area contributed by atoms with E-state index in [0.29, 0.717) is 42.3 Å². The van der Waals surface area contributed by atoms with Gasteiger partial charge in [-0.3, -0.25) is 4.98 Å². The number of rotatable bonds is 24. The summed E-state index contributed by atoms with van der Waals surface area (Å²) in [6.45, 7) is 13.0. The molecule has 0 radical (unpaired) electrons. The number of hydrogen-bond acceptors (Lipinski definition) is 8. The second kappa shape index (κ2) is 29.3. The van der Waals surface area contributed by atoms with E-state index in [9.17, 15) is 39.6 Å². The molecule has 4 aromatic carbocycles. The summed E-state index contributed by atoms with van der Waals surface area (Å²) in [6, 6.07) is 41.1. The summed E-state index contributed by atoms with van der Waals surface area (Å²) in [5.74, 6) is 0.282. The molecule has 0 N–H and O–H groups in total. The summed E-state index contributed by atoms with van der Waals surface area (Å²) >= 11 is 0. The van der Waals surface area contributed by atoms with Gasteiger partial charge in [-0.05, 0) is 141 Å². The van der Waals surface area contributed by atoms with E-state index < -0.39 is 13.8 Å². The number of esters is 3. The zero-order valence-corrected chi connectivity index (χ0v) is 43.0. The molecule has 0 saturated carbocycles. The fourth-order valence-electron chi connectivity index (χ4n) is 6.58. The van der Waals surface area contributed by atoms with Crippen molar-refractivity contribution in [3.63, 3.8) is 0 Å². The quantitative estimate of drug-likeness (QED) is 0.0112. The normalized spacial score (nSPS) is 11.9. The van der Waals surface area contributed by atoms with E-state index in [4.69, 9.17) is 18.9 Å². The van der Waals surface area contributed by atoms with Gasteiger partial charge in [0.15, 0.2) is 12.4 Å². The predicted molar refractivity (Wildman–Crippen MR) is 286 cm³/mol. The topological polar surface area (TPSA) is 105 Å². The van der Waals surface area contributed by atoms with Gasteiger partial charge in [0.05, 0.1) is 25.4 Å². The Morgan fingerprint density at radius 3 is 1.40 bits per heavy atom. The molecule has 6 aromatic rings. The molecule has 2 heterocycles. The first-order chi connectivity index (χ1) is 35.6. The van der Waals surface area contributed by atoms with E-state index >= 15 is 0 Å². The van der Waals surface area contributed by atoms with Crippen molar-refractivity contribution < 1.29 is 63.1 Å². The van der Waals surface area contributed by atoms with Crippen LogP contribution >= 0.6 is 7.81 Å². The van der Waals surface area contributed by atoms with E-state index in [2.05, 4.69) is 71.5 Å². The molecule has 0 amide bonds. The number of pyridine rings is 2. The second-order valence-electron chi connectivity index (χ2n) is 17.3. The molecule has 0 unspecified atom stereocenters. The molecular formula is C59H63F6N2O7P. The van der Waals surface area contributed by atoms with Gasteiger partial charge in [-0.1, -0.05) is 104 Å². The fourth-order valence-corrected chi connectivity index (χ4v) is 6.58. The van der Waals surface area contributed by atoms with Crippen molar-refractivity contribution in [1.82, 2.24) is 4.98 Å². The van der Waals surface area contributed by atoms with Crippen molar-refractivity contribution in [2.45, 2.75) is 71.8 Å². The van der Waals surface area contributed by atoms with Gasteiger partial charge in [-0.15, -0.1) is 0 Å². The summed E-state index contributed by atoms with van der Waals surface area (Å²) in [4.78, 5) is 39.2. The van der Waals surface area contributed by atoms with Gasteiger partial charge in [-0.2, -0.15) is 0 Å². The monoisotopic (exact) mass is 1060 g/mol. The summed E-state index contributed by atoms with van der Waals surface area (Å²) in [5.41, 5.74) is 7.88. The van der Waals surface area contributed by atoms with Crippen LogP contribution in [0.15, 0.2) is 176 Å². The first-order valence-electron chi connectivity index (χ1n) is 24.3. The third-order valence-corrected chi connectivity index (χ3v) is 10.5. The van der Waals surface area contributed by atoms with E-state index in [0.717, 1.165) is 85.9 Å². The van der Waals surface area contributed by atoms with Crippen molar-refractivity contribution in [2.24, 2.45) is 0 Å². The van der Waals surface area contributed by atoms with Crippen molar-refractivity contribution in [3.8, 4) is 22.6 Å². The molecule has 75 heavy (non-hydrogen) atoms. The van der Waals surface area contributed by atoms with Crippen LogP contribution in [0.25, 0.3) is 35.4 Å². The third-order valence-electron chi connectivity index (χ3n) is 10.5. The number of aryl methyl sites for hydroxylation is 1. The van der Waals surface area contributed by atoms with Gasteiger partial charge in [0, 0.05) is 42.1 Å². The summed E-state index contributed by atoms with van der Waals surface area (Å²) in [5, 5.41) is 0. The Labute approximate surface area is 435 Å². The minimum absolute atomic E-state index is 0.290. The van der Waals surface area contributed by atoms with Crippen molar-refractivity contribution in [2.75, 3.05) is 19.8 Å². The van der Waals surface area contributed by atoms with E-state index in [-0.39, 0.29) is 11.9 Å². The van der Waals surface area contributed by atoms with Crippen LogP contribution in [0.1, 0.15) is 97.8 Å². The number of unbranched alkanes of at least 4 members (excludes halogenated alkanes) is 6. The molecule has 6 rings (SSSR count). The Morgan fingerprint density at radius 1 is 0.507 bits per heavy atom. The Balaban J connectivity index is 0.000000312. The molecule has 0 saturated heterocycles. The van der Waals surface area contributed by atoms with Crippen LogP contribution in [0, 0.1) is 0 Å². The number of carbonyl (C=O) groups excluding carboxylic acids is 3. The van der Waals surface area contributed by atoms with Crippen molar-refractivity contribution in [3.05, 3.63) is 204 Å². The number of benzene rings is 4. The van der Waals surface area contributed by atoms with Crippen LogP contribution in [0.3, 0.4) is 0 Å². The van der Waals surface area contributed by atoms with E-state index in [1.54, 1.807) is 50.5 Å². The Hall–Kier alpha value is -7.64. The third kappa shape index (κ3) is 27.8. The average Bonchev–Trinajstić information content (AvgIpc) is 3.38. The van der Waals surface area contributed by atoms with Gasteiger partial charge in [0.25, 0.3) is 0 Å². The number of carbonyl (C=O) groups is 3. The van der Waals surface area contributed by atoms with Crippen LogP contribution in [-0.2, 0) is 25.6 Å². The molecule has 2 aromatic heterocycles. The van der Waals surface area contributed by atoms with E-state index in [1.165, 1.54) is 11.1 Å². The Bertz CT molecular complexity index is 2780. The number of halogens is 6. The molecule has 0 spiro atoms. The minimum atomic E-state index is -10.7. The van der Waals surface area contributed by atoms with Gasteiger partial charge < -0.3 is 18.9 Å². The zero-order valence-electron chi connectivity index (χ0n) is 42.1. The van der Waals surface area contributed by atoms with Gasteiger partial charge >= 0.3 is 50.9 Å². The number of aromatic nitrogens is 2. The first kappa shape index (κ1) is 59.9. The molecule has 0 aliphatic heterocycles. The SMILES string of the molecule is C=C(C)C(=O)OCCCCCCOc1ccc(-c2ccc(OC(=O)c3ccc(/C=C/c4ccncc4)cc3)cc2)cc1.C=C(C)C(=O)OCCCCCC[n+]1ccc(/C=C/c2ccccc2)cc1.F[P-](F)(F)(F)(F)F. The molecule has 0 atom stereocenters. The zero-order chi connectivity index (χ0) is 54.6. The number of nitrogens with zero attached hydrogens (tertiary/aromatic N) is 2. The van der Waals surface area contributed by atoms with Gasteiger partial charge in [0.1, 0.15) is 18.0 Å². The Morgan fingerprint density at radius 2 is 0.920 bits per heavy atom. The molecule has 16 heteroatoms. The molecule has 0 fully saturated rings. The molecular weight excluding hydrogens is 994 g/mol. The Kier molecular flexibility index (Phi) is 23.4. The van der Waals surface area contributed by atoms with Crippen molar-refractivity contribution >= 4 is 50.0 Å². The molecule has 0 bridgehead atoms. The maximum atomic E-state index is 12.6. The number of hydrogen-bond donors (Lipinski definition) is 0. The van der Waals surface area contributed by atoms with Crippen LogP contribution in [0.2, 0.25) is 0 Å². The standard InChI is InChI=1S/C36H35NO5.C23H28NO2.F6P/c1-27(2)35(38)41-26-6-4-3-5-25-40-33-17-13-30(14-18-33)31-15-19-34(20-16-31)42-36(39)32-11-9-28(10-12-32)7-8-29-21-23-37-24-22-29;1-20(2)23(25)26-19-9-4-3-8-16-24-17-14-22(15-18-24)13-12-21-10-6-5-7-11-21;1-7(2,3,4,5)6/h7-24H,1,3-6,25-26H2,2H3;5-7,10-15,17-18H,1,3-4,8-9,16,19H2,2H3;/q;+1;-1/b8-7+;13-12+;.